The van der Waals surface area contributed by atoms with E-state index in [-0.39, 0.29) is 18.2 Å². The molecule has 21 heavy (non-hydrogen) atoms. The minimum Gasteiger partial charge on any atom is -0.481 e. The Kier molecular flexibility index (Phi) is 4.88. The molecule has 2 fully saturated rings. The van der Waals surface area contributed by atoms with Gasteiger partial charge in [-0.15, -0.1) is 0 Å². The summed E-state index contributed by atoms with van der Waals surface area (Å²) in [5, 5.41) is 8.41. The van der Waals surface area contributed by atoms with Crippen LogP contribution in [-0.2, 0) is 24.2 Å². The number of amides is 1. The first-order valence-corrected chi connectivity index (χ1v) is 9.03. The van der Waals surface area contributed by atoms with Crippen LogP contribution in [0.2, 0.25) is 0 Å². The molecule has 120 valence electrons. The molecular formula is C13H21NO6S. The summed E-state index contributed by atoms with van der Waals surface area (Å²) < 4.78 is 29.0. The Bertz CT molecular complexity index is 507. The third-order valence-corrected chi connectivity index (χ3v) is 5.76. The number of carbonyl (C=O) groups excluding carboxylic acids is 1. The van der Waals surface area contributed by atoms with Crippen LogP contribution in [0.15, 0.2) is 0 Å². The molecule has 0 bridgehead atoms. The molecule has 8 heteroatoms. The highest BCUT2D eigenvalue weighted by atomic mass is 32.2. The number of aliphatic carboxylic acids is 1. The predicted molar refractivity (Wildman–Crippen MR) is 74.5 cm³/mol. The van der Waals surface area contributed by atoms with E-state index < -0.39 is 27.0 Å². The van der Waals surface area contributed by atoms with Crippen molar-refractivity contribution in [2.75, 3.05) is 32.6 Å². The Morgan fingerprint density at radius 3 is 2.29 bits per heavy atom. The smallest absolute Gasteiger partial charge is 0.308 e. The number of morpholine rings is 1. The maximum atomic E-state index is 12.2. The number of nitrogens with zero attached hydrogens (tertiary/aromatic N) is 1. The Morgan fingerprint density at radius 2 is 1.86 bits per heavy atom. The largest absolute Gasteiger partial charge is 0.481 e. The highest BCUT2D eigenvalue weighted by molar-refractivity contribution is 7.91. The second-order valence-corrected chi connectivity index (χ2v) is 7.98. The molecule has 0 aromatic heterocycles. The molecule has 1 heterocycles. The number of hydrogen-bond acceptors (Lipinski definition) is 5. The highest BCUT2D eigenvalue weighted by Gasteiger charge is 2.46. The fourth-order valence-corrected chi connectivity index (χ4v) is 4.66. The number of carboxylic acid groups (broad SMARTS) is 1. The number of carboxylic acids is 1. The molecule has 0 spiro atoms. The first-order chi connectivity index (χ1) is 9.80. The molecule has 1 N–H and O–H groups in total. The summed E-state index contributed by atoms with van der Waals surface area (Å²) >= 11 is 0. The molecule has 1 aliphatic heterocycles. The first kappa shape index (κ1) is 16.2. The molecular weight excluding hydrogens is 298 g/mol. The van der Waals surface area contributed by atoms with Gasteiger partial charge in [0.2, 0.25) is 5.91 Å². The van der Waals surface area contributed by atoms with Crippen LogP contribution >= 0.6 is 0 Å². The average Bonchev–Trinajstić information content (AvgIpc) is 3.21. The molecule has 0 aromatic rings. The van der Waals surface area contributed by atoms with Gasteiger partial charge in [-0.1, -0.05) is 0 Å². The highest BCUT2D eigenvalue weighted by Crippen LogP contribution is 2.40. The van der Waals surface area contributed by atoms with Gasteiger partial charge in [-0.05, 0) is 18.8 Å². The topological polar surface area (TPSA) is 101 Å². The summed E-state index contributed by atoms with van der Waals surface area (Å²) in [6.07, 6.45) is 2.23. The lowest BCUT2D eigenvalue weighted by atomic mass is 9.97. The Labute approximate surface area is 124 Å². The van der Waals surface area contributed by atoms with Crippen molar-refractivity contribution in [2.45, 2.75) is 24.5 Å². The summed E-state index contributed by atoms with van der Waals surface area (Å²) in [5.74, 6) is -2.81. The summed E-state index contributed by atoms with van der Waals surface area (Å²) in [4.78, 5) is 25.2. The van der Waals surface area contributed by atoms with E-state index in [0.717, 1.165) is 6.26 Å². The van der Waals surface area contributed by atoms with Crippen LogP contribution in [0.1, 0.15) is 19.3 Å². The van der Waals surface area contributed by atoms with E-state index >= 15 is 0 Å². The molecule has 1 amide bonds. The lowest BCUT2D eigenvalue weighted by Gasteiger charge is -2.29. The third kappa shape index (κ3) is 4.16. The molecule has 0 radical (unpaired) electrons. The standard InChI is InChI=1S/C13H21NO6S/c1-21(18,19)12(9-2-3-9)10(13(16)17)8-11(15)14-4-6-20-7-5-14/h9-10,12H,2-8H2,1H3,(H,16,17)/t10?,12-/m1/s1. The maximum absolute atomic E-state index is 12.2. The van der Waals surface area contributed by atoms with E-state index in [1.807, 2.05) is 0 Å². The molecule has 2 aliphatic rings. The fourth-order valence-electron chi connectivity index (χ4n) is 2.88. The maximum Gasteiger partial charge on any atom is 0.308 e. The zero-order chi connectivity index (χ0) is 15.6. The Hall–Kier alpha value is -1.15. The van der Waals surface area contributed by atoms with E-state index in [0.29, 0.717) is 39.1 Å². The zero-order valence-corrected chi connectivity index (χ0v) is 12.8. The van der Waals surface area contributed by atoms with Gasteiger partial charge in [0.05, 0.1) is 24.4 Å². The van der Waals surface area contributed by atoms with E-state index in [1.165, 1.54) is 0 Å². The number of ether oxygens (including phenoxy) is 1. The average molecular weight is 319 g/mol. The summed E-state index contributed by atoms with van der Waals surface area (Å²) in [7, 11) is -3.50. The van der Waals surface area contributed by atoms with Gasteiger partial charge in [-0.2, -0.15) is 0 Å². The second-order valence-electron chi connectivity index (χ2n) is 5.77. The van der Waals surface area contributed by atoms with E-state index in [2.05, 4.69) is 0 Å². The van der Waals surface area contributed by atoms with Crippen LogP contribution in [0.25, 0.3) is 0 Å². The molecule has 2 rings (SSSR count). The molecule has 1 saturated heterocycles. The van der Waals surface area contributed by atoms with Gasteiger partial charge >= 0.3 is 5.97 Å². The third-order valence-electron chi connectivity index (χ3n) is 4.05. The normalized spacial score (nSPS) is 22.6. The molecule has 1 saturated carbocycles. The van der Waals surface area contributed by atoms with Gasteiger partial charge in [0.1, 0.15) is 0 Å². The first-order valence-electron chi connectivity index (χ1n) is 7.08. The second kappa shape index (κ2) is 6.31. The molecule has 1 aliphatic carbocycles. The van der Waals surface area contributed by atoms with Gasteiger partial charge < -0.3 is 14.7 Å². The minimum atomic E-state index is -3.50. The fraction of sp³-hybridized carbons (Fsp3) is 0.846. The molecule has 1 unspecified atom stereocenters. The predicted octanol–water partition coefficient (Wildman–Crippen LogP) is -0.241. The van der Waals surface area contributed by atoms with Crippen molar-refractivity contribution in [2.24, 2.45) is 11.8 Å². The van der Waals surface area contributed by atoms with Gasteiger partial charge in [-0.25, -0.2) is 8.42 Å². The van der Waals surface area contributed by atoms with Crippen LogP contribution in [0.4, 0.5) is 0 Å². The summed E-state index contributed by atoms with van der Waals surface area (Å²) in [5.41, 5.74) is 0. The van der Waals surface area contributed by atoms with Crippen molar-refractivity contribution in [1.82, 2.24) is 4.90 Å². The molecule has 2 atom stereocenters. The van der Waals surface area contributed by atoms with E-state index in [9.17, 15) is 23.1 Å². The van der Waals surface area contributed by atoms with Crippen molar-refractivity contribution in [3.05, 3.63) is 0 Å². The number of carbonyl (C=O) groups is 2. The van der Waals surface area contributed by atoms with Gasteiger partial charge in [0.25, 0.3) is 0 Å². The quantitative estimate of drug-likeness (QED) is 0.725. The summed E-state index contributed by atoms with van der Waals surface area (Å²) in [6, 6.07) is 0. The van der Waals surface area contributed by atoms with Crippen LogP contribution in [0.3, 0.4) is 0 Å². The zero-order valence-electron chi connectivity index (χ0n) is 12.0. The monoisotopic (exact) mass is 319 g/mol. The van der Waals surface area contributed by atoms with Crippen molar-refractivity contribution in [1.29, 1.82) is 0 Å². The molecule has 0 aromatic carbocycles. The van der Waals surface area contributed by atoms with Crippen molar-refractivity contribution in [3.63, 3.8) is 0 Å². The molecule has 7 nitrogen and oxygen atoms in total. The van der Waals surface area contributed by atoms with Crippen LogP contribution in [-0.4, -0.2) is 68.1 Å². The van der Waals surface area contributed by atoms with Gasteiger partial charge in [0, 0.05) is 25.8 Å². The van der Waals surface area contributed by atoms with Gasteiger partial charge in [-0.3, -0.25) is 9.59 Å². The number of rotatable bonds is 6. The number of hydrogen-bond donors (Lipinski definition) is 1. The van der Waals surface area contributed by atoms with Gasteiger partial charge in [0.15, 0.2) is 9.84 Å². The van der Waals surface area contributed by atoms with Crippen LogP contribution in [0, 0.1) is 11.8 Å². The number of sulfone groups is 1. The van der Waals surface area contributed by atoms with Crippen molar-refractivity contribution < 1.29 is 27.9 Å². The van der Waals surface area contributed by atoms with Crippen molar-refractivity contribution >= 4 is 21.7 Å². The SMILES string of the molecule is CS(=O)(=O)[C@H](C1CC1)C(CC(=O)N1CCOCC1)C(=O)O. The Balaban J connectivity index is 2.11. The van der Waals surface area contributed by atoms with Crippen LogP contribution in [0.5, 0.6) is 0 Å². The van der Waals surface area contributed by atoms with Crippen LogP contribution < -0.4 is 0 Å². The van der Waals surface area contributed by atoms with Crippen molar-refractivity contribution in [3.8, 4) is 0 Å². The van der Waals surface area contributed by atoms with E-state index in [4.69, 9.17) is 4.74 Å². The van der Waals surface area contributed by atoms with E-state index in [1.54, 1.807) is 4.90 Å². The lowest BCUT2D eigenvalue weighted by molar-refractivity contribution is -0.147. The minimum absolute atomic E-state index is 0.126. The summed E-state index contributed by atoms with van der Waals surface area (Å²) in [6.45, 7) is 1.72. The Morgan fingerprint density at radius 1 is 1.29 bits per heavy atom. The lowest BCUT2D eigenvalue weighted by Crippen LogP contribution is -2.44.